The van der Waals surface area contributed by atoms with Gasteiger partial charge in [0.05, 0.1) is 35.9 Å². The summed E-state index contributed by atoms with van der Waals surface area (Å²) in [6.07, 6.45) is 4.00. The fourth-order valence-corrected chi connectivity index (χ4v) is 5.79. The van der Waals surface area contributed by atoms with Gasteiger partial charge < -0.3 is 19.1 Å². The second-order valence-electron chi connectivity index (χ2n) is 11.8. The summed E-state index contributed by atoms with van der Waals surface area (Å²) in [5.41, 5.74) is 2.16. The lowest BCUT2D eigenvalue weighted by Gasteiger charge is -2.52. The molecule has 0 unspecified atom stereocenters. The summed E-state index contributed by atoms with van der Waals surface area (Å²) < 4.78 is 32.6. The van der Waals surface area contributed by atoms with E-state index in [1.54, 1.807) is 11.0 Å². The topological polar surface area (TPSA) is 127 Å². The number of halogens is 1. The van der Waals surface area contributed by atoms with E-state index in [2.05, 4.69) is 20.2 Å². The third kappa shape index (κ3) is 6.51. The van der Waals surface area contributed by atoms with Gasteiger partial charge in [0.15, 0.2) is 18.3 Å². The Morgan fingerprint density at radius 1 is 1.14 bits per heavy atom. The smallest absolute Gasteiger partial charge is 0.410 e. The molecule has 2 aliphatic heterocycles. The minimum atomic E-state index is -1.26. The van der Waals surface area contributed by atoms with E-state index >= 15 is 4.39 Å². The minimum Gasteiger partial charge on any atom is -0.467 e. The van der Waals surface area contributed by atoms with Crippen LogP contribution in [0, 0.1) is 11.3 Å². The molecule has 2 aliphatic rings. The van der Waals surface area contributed by atoms with Gasteiger partial charge in [0.1, 0.15) is 23.6 Å². The van der Waals surface area contributed by atoms with E-state index in [9.17, 15) is 4.79 Å². The van der Waals surface area contributed by atoms with Gasteiger partial charge in [-0.25, -0.2) is 14.2 Å². The van der Waals surface area contributed by atoms with E-state index in [0.717, 1.165) is 18.4 Å². The fraction of sp³-hybridized carbons (Fsp3) is 0.484. The molecule has 1 aromatic carbocycles. The molecule has 4 atom stereocenters. The number of nitrogens with zero attached hydrogens (tertiary/aromatic N) is 7. The third-order valence-electron chi connectivity index (χ3n) is 7.80. The summed E-state index contributed by atoms with van der Waals surface area (Å²) in [4.78, 5) is 24.8. The minimum absolute atomic E-state index is 0.0198. The molecule has 12 heteroatoms. The number of methoxy groups -OCH3 is 1. The first-order valence-corrected chi connectivity index (χ1v) is 14.3. The molecule has 2 saturated heterocycles. The Hall–Kier alpha value is -4.37. The number of fused-ring (bicyclic) bond motifs is 2. The van der Waals surface area contributed by atoms with Crippen LogP contribution in [0.15, 0.2) is 42.7 Å². The molecule has 11 nitrogen and oxygen atoms in total. The molecule has 3 aromatic rings. The second kappa shape index (κ2) is 12.5. The van der Waals surface area contributed by atoms with E-state index in [4.69, 9.17) is 19.5 Å². The van der Waals surface area contributed by atoms with E-state index in [1.165, 1.54) is 19.5 Å². The van der Waals surface area contributed by atoms with Crippen molar-refractivity contribution in [3.8, 4) is 34.3 Å². The summed E-state index contributed by atoms with van der Waals surface area (Å²) in [5.74, 6) is 1.04. The first-order chi connectivity index (χ1) is 20.6. The third-order valence-corrected chi connectivity index (χ3v) is 7.80. The number of carbonyl (C=O) groups is 1. The monoisotopic (exact) mass is 589 g/mol. The van der Waals surface area contributed by atoms with Gasteiger partial charge in [0.2, 0.25) is 0 Å². The van der Waals surface area contributed by atoms with Crippen molar-refractivity contribution in [2.45, 2.75) is 76.4 Å². The van der Waals surface area contributed by atoms with Crippen LogP contribution in [0.3, 0.4) is 0 Å². The Bertz CT molecular complexity index is 1470. The van der Waals surface area contributed by atoms with E-state index < -0.39 is 29.9 Å². The lowest BCUT2D eigenvalue weighted by atomic mass is 9.80. The van der Waals surface area contributed by atoms with Gasteiger partial charge in [-0.2, -0.15) is 5.26 Å². The number of hydrogen-bond acceptors (Lipinski definition) is 10. The van der Waals surface area contributed by atoms with Crippen LogP contribution in [0.5, 0.6) is 5.75 Å². The van der Waals surface area contributed by atoms with Gasteiger partial charge in [-0.15, -0.1) is 10.2 Å². The number of benzene rings is 1. The van der Waals surface area contributed by atoms with Crippen molar-refractivity contribution in [3.63, 3.8) is 0 Å². The van der Waals surface area contributed by atoms with Crippen LogP contribution < -0.4 is 9.64 Å². The summed E-state index contributed by atoms with van der Waals surface area (Å²) in [7, 11) is 3.35. The van der Waals surface area contributed by atoms with Crippen molar-refractivity contribution < 1.29 is 23.4 Å². The number of piperidine rings is 2. The van der Waals surface area contributed by atoms with Crippen LogP contribution in [-0.4, -0.2) is 82.0 Å². The van der Waals surface area contributed by atoms with Crippen molar-refractivity contribution >= 4 is 11.9 Å². The number of hydrogen-bond donors (Lipinski definition) is 0. The number of aromatic nitrogens is 4. The molecule has 0 aliphatic carbocycles. The van der Waals surface area contributed by atoms with Crippen LogP contribution in [0.4, 0.5) is 15.0 Å². The Morgan fingerprint density at radius 3 is 2.60 bits per heavy atom. The van der Waals surface area contributed by atoms with Crippen molar-refractivity contribution in [2.24, 2.45) is 0 Å². The van der Waals surface area contributed by atoms with Crippen molar-refractivity contribution in [1.82, 2.24) is 25.1 Å². The molecule has 43 heavy (non-hydrogen) atoms. The molecule has 0 saturated carbocycles. The molecule has 4 heterocycles. The highest BCUT2D eigenvalue weighted by molar-refractivity contribution is 5.73. The molecular weight excluding hydrogens is 553 g/mol. The lowest BCUT2D eigenvalue weighted by Crippen LogP contribution is -2.65. The van der Waals surface area contributed by atoms with Gasteiger partial charge in [-0.1, -0.05) is 6.07 Å². The highest BCUT2D eigenvalue weighted by Gasteiger charge is 2.50. The van der Waals surface area contributed by atoms with Crippen molar-refractivity contribution in [3.05, 3.63) is 48.4 Å². The maximum atomic E-state index is 16.0. The molecule has 2 fully saturated rings. The summed E-state index contributed by atoms with van der Waals surface area (Å²) in [5, 5.41) is 17.9. The van der Waals surface area contributed by atoms with Gasteiger partial charge in [-0.3, -0.25) is 9.88 Å². The predicted molar refractivity (Wildman–Crippen MR) is 157 cm³/mol. The number of ether oxygens (including phenoxy) is 3. The lowest BCUT2D eigenvalue weighted by molar-refractivity contribution is -0.0467. The number of nitriles is 1. The fourth-order valence-electron chi connectivity index (χ4n) is 5.79. The number of anilines is 1. The number of rotatable bonds is 7. The largest absolute Gasteiger partial charge is 0.467 e. The molecule has 2 bridgehead atoms. The Balaban J connectivity index is 1.35. The Kier molecular flexibility index (Phi) is 8.73. The highest BCUT2D eigenvalue weighted by Crippen LogP contribution is 2.40. The van der Waals surface area contributed by atoms with Crippen LogP contribution >= 0.6 is 0 Å². The van der Waals surface area contributed by atoms with Crippen molar-refractivity contribution in [2.75, 3.05) is 25.9 Å². The summed E-state index contributed by atoms with van der Waals surface area (Å²) in [6.45, 7) is 5.48. The van der Waals surface area contributed by atoms with Crippen molar-refractivity contribution in [1.29, 1.82) is 5.26 Å². The molecule has 0 N–H and O–H groups in total. The second-order valence-corrected chi connectivity index (χ2v) is 11.8. The molecule has 0 radical (unpaired) electrons. The average Bonchev–Trinajstić information content (AvgIpc) is 3.00. The van der Waals surface area contributed by atoms with Crippen LogP contribution in [0.1, 0.15) is 52.1 Å². The van der Waals surface area contributed by atoms with E-state index in [1.807, 2.05) is 63.1 Å². The average molecular weight is 590 g/mol. The van der Waals surface area contributed by atoms with E-state index in [-0.39, 0.29) is 18.5 Å². The molecule has 226 valence electrons. The van der Waals surface area contributed by atoms with Gasteiger partial charge in [0, 0.05) is 31.3 Å². The maximum Gasteiger partial charge on any atom is 0.410 e. The zero-order valence-corrected chi connectivity index (χ0v) is 25.0. The number of amides is 1. The molecule has 1 amide bonds. The molecule has 5 rings (SSSR count). The van der Waals surface area contributed by atoms with Gasteiger partial charge in [0.25, 0.3) is 0 Å². The molecule has 2 aromatic heterocycles. The first-order valence-electron chi connectivity index (χ1n) is 14.3. The maximum absolute atomic E-state index is 16.0. The zero-order chi connectivity index (χ0) is 30.7. The standard InChI is InChI=1S/C31H36FN7O4/c1-31(2,3)43-30(40)39-21-7-6-8-25(39)29(32)26(14-21)38(4)28-12-11-23(36-37-28)22-10-9-19(13-27(22)42-18-41-5)24-17-34-20(15-33)16-35-24/h9-13,16-17,21,25-26,29H,6-8,14,18H2,1-5H3/t21-,25+,26-,29+/m0/s1. The van der Waals surface area contributed by atoms with Crippen LogP contribution in [-0.2, 0) is 9.47 Å². The Morgan fingerprint density at radius 2 is 1.95 bits per heavy atom. The number of carbonyl (C=O) groups excluding carboxylic acids is 1. The molecular formula is C31H36FN7O4. The first kappa shape index (κ1) is 30.1. The van der Waals surface area contributed by atoms with Crippen LogP contribution in [0.25, 0.3) is 22.5 Å². The SMILES string of the molecule is COCOc1cc(-c2cnc(C#N)cn2)ccc1-c1ccc(N(C)[C@H]2C[C@@H]3CCC[C@H]([C@H]2F)N3C(=O)OC(C)(C)C)nn1. The number of alkyl halides is 1. The predicted octanol–water partition coefficient (Wildman–Crippen LogP) is 5.16. The summed E-state index contributed by atoms with van der Waals surface area (Å²) in [6, 6.07) is 10.0. The highest BCUT2D eigenvalue weighted by atomic mass is 19.1. The van der Waals surface area contributed by atoms with Gasteiger partial charge >= 0.3 is 6.09 Å². The quantitative estimate of drug-likeness (QED) is 0.341. The Labute approximate surface area is 250 Å². The van der Waals surface area contributed by atoms with E-state index in [0.29, 0.717) is 41.4 Å². The summed E-state index contributed by atoms with van der Waals surface area (Å²) >= 11 is 0. The van der Waals surface area contributed by atoms with Crippen LogP contribution in [0.2, 0.25) is 0 Å². The van der Waals surface area contributed by atoms with Gasteiger partial charge in [-0.05, 0) is 70.7 Å². The molecule has 0 spiro atoms. The normalized spacial score (nSPS) is 21.6. The zero-order valence-electron chi connectivity index (χ0n) is 25.0.